The van der Waals surface area contributed by atoms with E-state index in [9.17, 15) is 0 Å². The number of aromatic nitrogens is 2. The number of nitrogens with zero attached hydrogens (tertiary/aromatic N) is 3. The summed E-state index contributed by atoms with van der Waals surface area (Å²) in [6, 6.07) is 17.7. The maximum absolute atomic E-state index is 5.15. The van der Waals surface area contributed by atoms with E-state index in [1.807, 2.05) is 12.1 Å². The van der Waals surface area contributed by atoms with E-state index in [0.29, 0.717) is 5.88 Å². The summed E-state index contributed by atoms with van der Waals surface area (Å²) in [5.74, 6) is 3.14. The van der Waals surface area contributed by atoms with Crippen LogP contribution in [0, 0.1) is 6.92 Å². The Kier molecular flexibility index (Phi) is 6.32. The molecule has 5 nitrogen and oxygen atoms in total. The van der Waals surface area contributed by atoms with Crippen LogP contribution >= 0.6 is 11.8 Å². The quantitative estimate of drug-likeness (QED) is 0.562. The van der Waals surface area contributed by atoms with E-state index in [1.54, 1.807) is 7.11 Å². The summed E-state index contributed by atoms with van der Waals surface area (Å²) in [6.45, 7) is 4.33. The van der Waals surface area contributed by atoms with Crippen LogP contribution in [0.1, 0.15) is 29.5 Å². The van der Waals surface area contributed by atoms with Crippen molar-refractivity contribution in [3.05, 3.63) is 65.2 Å². The zero-order valence-electron chi connectivity index (χ0n) is 18.8. The highest BCUT2D eigenvalue weighted by Gasteiger charge is 2.26. The van der Waals surface area contributed by atoms with Crippen LogP contribution in [0.3, 0.4) is 0 Å². The molecule has 6 heteroatoms. The lowest BCUT2D eigenvalue weighted by atomic mass is 9.95. The standard InChI is InChI=1S/C26H30N4OS/c1-18-6-7-20(16-23(18)25-8-9-26(31-2)29-28-25)27-24-5-3-4-19-17-30(13-10-22(19)24)21-11-14-32-15-12-21/h3-9,16,21,27H,10-15,17H2,1-2H3. The number of ether oxygens (including phenoxy) is 1. The summed E-state index contributed by atoms with van der Waals surface area (Å²) in [5, 5.41) is 12.2. The van der Waals surface area contributed by atoms with Crippen molar-refractivity contribution in [2.75, 3.05) is 30.5 Å². The number of hydrogen-bond donors (Lipinski definition) is 1. The van der Waals surface area contributed by atoms with Gasteiger partial charge >= 0.3 is 0 Å². The SMILES string of the molecule is COc1ccc(-c2cc(Nc3cccc4c3CCN(C3CCSCC3)C4)ccc2C)nn1. The van der Waals surface area contributed by atoms with Crippen molar-refractivity contribution >= 4 is 23.1 Å². The van der Waals surface area contributed by atoms with Gasteiger partial charge in [0, 0.05) is 42.1 Å². The summed E-state index contributed by atoms with van der Waals surface area (Å²) in [6.07, 6.45) is 3.77. The predicted molar refractivity (Wildman–Crippen MR) is 133 cm³/mol. The third-order valence-electron chi connectivity index (χ3n) is 6.64. The summed E-state index contributed by atoms with van der Waals surface area (Å²) in [4.78, 5) is 2.71. The maximum atomic E-state index is 5.15. The lowest BCUT2D eigenvalue weighted by Gasteiger charge is -2.38. The minimum absolute atomic E-state index is 0.526. The molecule has 166 valence electrons. The first-order valence-electron chi connectivity index (χ1n) is 11.4. The van der Waals surface area contributed by atoms with Crippen LogP contribution in [0.4, 0.5) is 11.4 Å². The fourth-order valence-corrected chi connectivity index (χ4v) is 5.90. The molecule has 32 heavy (non-hydrogen) atoms. The van der Waals surface area contributed by atoms with Crippen LogP contribution in [0.5, 0.6) is 5.88 Å². The molecule has 2 aromatic carbocycles. The van der Waals surface area contributed by atoms with E-state index in [-0.39, 0.29) is 0 Å². The monoisotopic (exact) mass is 446 g/mol. The topological polar surface area (TPSA) is 50.3 Å². The summed E-state index contributed by atoms with van der Waals surface area (Å²) in [5.41, 5.74) is 8.32. The highest BCUT2D eigenvalue weighted by atomic mass is 32.2. The molecule has 0 spiro atoms. The van der Waals surface area contributed by atoms with Crippen molar-refractivity contribution in [1.82, 2.24) is 15.1 Å². The van der Waals surface area contributed by atoms with Gasteiger partial charge in [-0.25, -0.2) is 0 Å². The predicted octanol–water partition coefficient (Wildman–Crippen LogP) is 5.46. The van der Waals surface area contributed by atoms with Gasteiger partial charge in [0.05, 0.1) is 12.8 Å². The average Bonchev–Trinajstić information content (AvgIpc) is 2.86. The number of methoxy groups -OCH3 is 1. The fraction of sp³-hybridized carbons (Fsp3) is 0.385. The highest BCUT2D eigenvalue weighted by Crippen LogP contribution is 2.33. The van der Waals surface area contributed by atoms with Gasteiger partial charge < -0.3 is 10.1 Å². The van der Waals surface area contributed by atoms with Gasteiger partial charge in [-0.15, -0.1) is 10.2 Å². The van der Waals surface area contributed by atoms with E-state index >= 15 is 0 Å². The van der Waals surface area contributed by atoms with Crippen LogP contribution in [0.2, 0.25) is 0 Å². The average molecular weight is 447 g/mol. The Morgan fingerprint density at radius 1 is 1.06 bits per heavy atom. The van der Waals surface area contributed by atoms with Crippen molar-refractivity contribution in [1.29, 1.82) is 0 Å². The smallest absolute Gasteiger partial charge is 0.233 e. The minimum Gasteiger partial charge on any atom is -0.480 e. The Labute approximate surface area is 194 Å². The molecule has 0 saturated carbocycles. The Morgan fingerprint density at radius 2 is 1.94 bits per heavy atom. The third kappa shape index (κ3) is 4.48. The Hall–Kier alpha value is -2.57. The second-order valence-electron chi connectivity index (χ2n) is 8.62. The van der Waals surface area contributed by atoms with Crippen LogP contribution < -0.4 is 10.1 Å². The first-order valence-corrected chi connectivity index (χ1v) is 12.5. The van der Waals surface area contributed by atoms with Crippen LogP contribution in [-0.2, 0) is 13.0 Å². The number of thioether (sulfide) groups is 1. The number of nitrogens with one attached hydrogen (secondary N) is 1. The van der Waals surface area contributed by atoms with Crippen LogP contribution in [0.15, 0.2) is 48.5 Å². The third-order valence-corrected chi connectivity index (χ3v) is 7.69. The van der Waals surface area contributed by atoms with Crippen molar-refractivity contribution in [2.45, 2.75) is 38.8 Å². The molecule has 0 unspecified atom stereocenters. The molecule has 0 bridgehead atoms. The van der Waals surface area contributed by atoms with Gasteiger partial charge in [-0.2, -0.15) is 11.8 Å². The van der Waals surface area contributed by atoms with E-state index in [2.05, 4.69) is 75.5 Å². The van der Waals surface area contributed by atoms with Gasteiger partial charge in [-0.05, 0) is 78.6 Å². The molecular weight excluding hydrogens is 416 g/mol. The maximum Gasteiger partial charge on any atom is 0.233 e. The molecule has 1 saturated heterocycles. The normalized spacial score (nSPS) is 17.1. The van der Waals surface area contributed by atoms with Crippen LogP contribution in [-0.4, -0.2) is 46.3 Å². The first-order chi connectivity index (χ1) is 15.7. The molecule has 0 radical (unpaired) electrons. The van der Waals surface area contributed by atoms with Gasteiger partial charge in [0.15, 0.2) is 0 Å². The molecule has 1 fully saturated rings. The molecule has 0 aliphatic carbocycles. The number of hydrogen-bond acceptors (Lipinski definition) is 6. The molecule has 2 aliphatic rings. The van der Waals surface area contributed by atoms with Gasteiger partial charge in [0.25, 0.3) is 0 Å². The Bertz CT molecular complexity index is 1080. The largest absolute Gasteiger partial charge is 0.480 e. The molecule has 0 amide bonds. The number of aryl methyl sites for hydroxylation is 1. The molecule has 3 aromatic rings. The van der Waals surface area contributed by atoms with Crippen molar-refractivity contribution in [3.8, 4) is 17.1 Å². The second kappa shape index (κ2) is 9.51. The molecule has 1 aromatic heterocycles. The molecule has 1 N–H and O–H groups in total. The van der Waals surface area contributed by atoms with E-state index in [0.717, 1.165) is 42.5 Å². The lowest BCUT2D eigenvalue weighted by molar-refractivity contribution is 0.169. The molecule has 5 rings (SSSR count). The zero-order chi connectivity index (χ0) is 21.9. The Morgan fingerprint density at radius 3 is 2.72 bits per heavy atom. The second-order valence-corrected chi connectivity index (χ2v) is 9.85. The van der Waals surface area contributed by atoms with Gasteiger partial charge in [-0.3, -0.25) is 4.90 Å². The minimum atomic E-state index is 0.526. The van der Waals surface area contributed by atoms with Crippen molar-refractivity contribution in [2.24, 2.45) is 0 Å². The number of anilines is 2. The molecule has 0 atom stereocenters. The van der Waals surface area contributed by atoms with E-state index < -0.39 is 0 Å². The molecule has 2 aliphatic heterocycles. The van der Waals surface area contributed by atoms with Gasteiger partial charge in [-0.1, -0.05) is 18.2 Å². The van der Waals surface area contributed by atoms with E-state index in [1.165, 1.54) is 46.7 Å². The van der Waals surface area contributed by atoms with E-state index in [4.69, 9.17) is 4.74 Å². The Balaban J connectivity index is 1.37. The summed E-state index contributed by atoms with van der Waals surface area (Å²) in [7, 11) is 1.60. The number of benzene rings is 2. The fourth-order valence-electron chi connectivity index (χ4n) is 4.81. The van der Waals surface area contributed by atoms with Gasteiger partial charge in [0.2, 0.25) is 5.88 Å². The highest BCUT2D eigenvalue weighted by molar-refractivity contribution is 7.99. The molecule has 3 heterocycles. The first kappa shape index (κ1) is 21.3. The van der Waals surface area contributed by atoms with Crippen molar-refractivity contribution < 1.29 is 4.74 Å². The van der Waals surface area contributed by atoms with Crippen molar-refractivity contribution in [3.63, 3.8) is 0 Å². The summed E-state index contributed by atoms with van der Waals surface area (Å²) < 4.78 is 5.15. The summed E-state index contributed by atoms with van der Waals surface area (Å²) >= 11 is 2.10. The number of rotatable bonds is 5. The number of fused-ring (bicyclic) bond motifs is 1. The zero-order valence-corrected chi connectivity index (χ0v) is 19.6. The molecular formula is C26H30N4OS. The van der Waals surface area contributed by atoms with Crippen LogP contribution in [0.25, 0.3) is 11.3 Å². The van der Waals surface area contributed by atoms with Gasteiger partial charge in [0.1, 0.15) is 0 Å². The lowest BCUT2D eigenvalue weighted by Crippen LogP contribution is -2.41.